The number of hydrogen-bond donors (Lipinski definition) is 1. The summed E-state index contributed by atoms with van der Waals surface area (Å²) in [5, 5.41) is 0. The largest absolute Gasteiger partial charge is 0.750 e. The molecule has 1 N–H and O–H groups in total. The van der Waals surface area contributed by atoms with Crippen LogP contribution in [0.4, 0.5) is 0 Å². The van der Waals surface area contributed by atoms with E-state index < -0.39 is 11.4 Å². The quantitative estimate of drug-likeness (QED) is 0.449. The fourth-order valence-corrected chi connectivity index (χ4v) is 0. The molecule has 0 saturated carbocycles. The highest BCUT2D eigenvalue weighted by molar-refractivity contribution is 14.0. The van der Waals surface area contributed by atoms with Gasteiger partial charge in [0.05, 0.1) is 11.4 Å². The summed E-state index contributed by atoms with van der Waals surface area (Å²) in [6.45, 7) is 0. The van der Waals surface area contributed by atoms with Gasteiger partial charge < -0.3 is 9.11 Å². The number of rotatable bonds is 0. The molecule has 0 aliphatic carbocycles. The molecule has 0 saturated heterocycles. The van der Waals surface area contributed by atoms with Gasteiger partial charge in [0.1, 0.15) is 0 Å². The molecule has 0 amide bonds. The molecular weight excluding hydrogens is 207 g/mol. The van der Waals surface area contributed by atoms with Crippen LogP contribution in [0.5, 0.6) is 0 Å². The molecule has 0 spiro atoms. The van der Waals surface area contributed by atoms with Crippen LogP contribution in [0.1, 0.15) is 0 Å². The number of halogens is 1. The lowest BCUT2D eigenvalue weighted by Gasteiger charge is -1.83. The highest BCUT2D eigenvalue weighted by atomic mass is 127. The first-order valence-electron chi connectivity index (χ1n) is 0.516. The maximum Gasteiger partial charge on any atom is 0.0814 e. The first-order valence-corrected chi connectivity index (χ1v) is 1.55. The normalized spacial score (nSPS) is 12.4. The van der Waals surface area contributed by atoms with Gasteiger partial charge >= 0.3 is 0 Å². The van der Waals surface area contributed by atoms with E-state index in [0.717, 1.165) is 0 Å². The molecule has 1 unspecified atom stereocenters. The van der Waals surface area contributed by atoms with E-state index in [-0.39, 0.29) is 24.0 Å². The Kier molecular flexibility index (Phi) is 8.88. The van der Waals surface area contributed by atoms with E-state index in [9.17, 15) is 0 Å². The third-order valence-electron chi connectivity index (χ3n) is 0. The second-order valence-corrected chi connectivity index (χ2v) is 0.651. The zero-order chi connectivity index (χ0) is 3.58. The van der Waals surface area contributed by atoms with Gasteiger partial charge in [0.15, 0.2) is 0 Å². The Bertz CT molecular complexity index is 29.9. The molecule has 5 heavy (non-hydrogen) atoms. The van der Waals surface area contributed by atoms with Gasteiger partial charge in [0.2, 0.25) is 0 Å². The zero-order valence-corrected chi connectivity index (χ0v) is 5.23. The molecular formula is H2IO3S-. The van der Waals surface area contributed by atoms with E-state index in [0.29, 0.717) is 0 Å². The topological polar surface area (TPSA) is 60.4 Å². The Morgan fingerprint density at radius 3 is 1.80 bits per heavy atom. The average Bonchev–Trinajstić information content (AvgIpc) is 0.811. The van der Waals surface area contributed by atoms with Crippen LogP contribution in [0.3, 0.4) is 0 Å². The van der Waals surface area contributed by atoms with Crippen LogP contribution in [0.15, 0.2) is 0 Å². The van der Waals surface area contributed by atoms with Gasteiger partial charge in [-0.15, -0.1) is 24.0 Å². The minimum atomic E-state index is -2.86. The monoisotopic (exact) mass is 209 g/mol. The van der Waals surface area contributed by atoms with E-state index >= 15 is 0 Å². The predicted molar refractivity (Wildman–Crippen MR) is 27.0 cm³/mol. The lowest BCUT2D eigenvalue weighted by molar-refractivity contribution is 0.436. The van der Waals surface area contributed by atoms with E-state index in [1.54, 1.807) is 0 Å². The summed E-state index contributed by atoms with van der Waals surface area (Å²) in [5.74, 6) is 0. The van der Waals surface area contributed by atoms with Crippen LogP contribution in [-0.4, -0.2) is 13.3 Å². The Balaban J connectivity index is 0. The van der Waals surface area contributed by atoms with Crippen LogP contribution in [0.2, 0.25) is 0 Å². The maximum atomic E-state index is 8.56. The third kappa shape index (κ3) is 58.8. The highest BCUT2D eigenvalue weighted by Gasteiger charge is 1.42. The molecule has 1 atom stereocenters. The van der Waals surface area contributed by atoms with Crippen LogP contribution in [0.25, 0.3) is 0 Å². The van der Waals surface area contributed by atoms with Gasteiger partial charge in [0.25, 0.3) is 0 Å². The van der Waals surface area contributed by atoms with Crippen molar-refractivity contribution in [3.8, 4) is 0 Å². The fourth-order valence-electron chi connectivity index (χ4n) is 0. The Morgan fingerprint density at radius 2 is 1.80 bits per heavy atom. The molecule has 0 aliphatic rings. The van der Waals surface area contributed by atoms with E-state index in [1.807, 2.05) is 0 Å². The lowest BCUT2D eigenvalue weighted by Crippen LogP contribution is -1.75. The fraction of sp³-hybridized carbons (Fsp3) is 0. The highest BCUT2D eigenvalue weighted by Crippen LogP contribution is 1.43. The summed E-state index contributed by atoms with van der Waals surface area (Å²) in [5.41, 5.74) is 0. The second-order valence-electron chi connectivity index (χ2n) is 0.217. The molecule has 0 aromatic carbocycles. The summed E-state index contributed by atoms with van der Waals surface area (Å²) in [6.07, 6.45) is 0. The Hall–Kier alpha value is 0.800. The van der Waals surface area contributed by atoms with Crippen molar-refractivity contribution in [1.29, 1.82) is 0 Å². The van der Waals surface area contributed by atoms with Crippen LogP contribution in [0, 0.1) is 0 Å². The Morgan fingerprint density at radius 1 is 1.80 bits per heavy atom. The van der Waals surface area contributed by atoms with Gasteiger partial charge in [-0.3, -0.25) is 0 Å². The lowest BCUT2D eigenvalue weighted by atomic mass is 15.8. The molecule has 0 aromatic heterocycles. The van der Waals surface area contributed by atoms with Gasteiger partial charge in [0, 0.05) is 0 Å². The predicted octanol–water partition coefficient (Wildman–Crippen LogP) is -0.0435. The van der Waals surface area contributed by atoms with E-state index in [2.05, 4.69) is 0 Å². The summed E-state index contributed by atoms with van der Waals surface area (Å²) in [7, 11) is 0. The van der Waals surface area contributed by atoms with Gasteiger partial charge in [-0.25, -0.2) is 4.21 Å². The van der Waals surface area contributed by atoms with Gasteiger partial charge in [-0.1, -0.05) is 0 Å². The summed E-state index contributed by atoms with van der Waals surface area (Å²) >= 11 is -2.86. The molecule has 0 fully saturated rings. The van der Waals surface area contributed by atoms with Crippen molar-refractivity contribution in [2.75, 3.05) is 0 Å². The molecule has 0 radical (unpaired) electrons. The minimum Gasteiger partial charge on any atom is -0.750 e. The van der Waals surface area contributed by atoms with E-state index in [4.69, 9.17) is 13.3 Å². The molecule has 0 heterocycles. The first kappa shape index (κ1) is 9.25. The van der Waals surface area contributed by atoms with Crippen molar-refractivity contribution in [2.24, 2.45) is 0 Å². The van der Waals surface area contributed by atoms with E-state index in [1.165, 1.54) is 0 Å². The average molecular weight is 209 g/mol. The van der Waals surface area contributed by atoms with Gasteiger partial charge in [-0.05, 0) is 0 Å². The van der Waals surface area contributed by atoms with Crippen LogP contribution >= 0.6 is 24.0 Å². The molecule has 3 nitrogen and oxygen atoms in total. The van der Waals surface area contributed by atoms with Crippen molar-refractivity contribution < 1.29 is 13.3 Å². The molecule has 0 aliphatic heterocycles. The smallest absolute Gasteiger partial charge is 0.0814 e. The Labute approximate surface area is 48.9 Å². The van der Waals surface area contributed by atoms with Crippen molar-refractivity contribution in [3.63, 3.8) is 0 Å². The molecule has 0 aromatic rings. The van der Waals surface area contributed by atoms with Crippen LogP contribution in [-0.2, 0) is 11.4 Å². The number of hydrogen-bond acceptors (Lipinski definition) is 2. The van der Waals surface area contributed by atoms with Crippen LogP contribution < -0.4 is 0 Å². The first-order chi connectivity index (χ1) is 1.73. The summed E-state index contributed by atoms with van der Waals surface area (Å²) < 4.78 is 24.1. The van der Waals surface area contributed by atoms with Crippen molar-refractivity contribution in [1.82, 2.24) is 0 Å². The SMILES string of the molecule is I.O=S([O-])O. The van der Waals surface area contributed by atoms with Crippen molar-refractivity contribution >= 4 is 35.3 Å². The summed E-state index contributed by atoms with van der Waals surface area (Å²) in [4.78, 5) is 0. The standard InChI is InChI=1S/HI.H2O3S/c;1-4(2)3/h1H;(H2,1,2,3)/p-1. The zero-order valence-electron chi connectivity index (χ0n) is 2.08. The molecule has 0 rings (SSSR count). The molecule has 5 heteroatoms. The summed E-state index contributed by atoms with van der Waals surface area (Å²) in [6, 6.07) is 0. The van der Waals surface area contributed by atoms with Crippen molar-refractivity contribution in [2.45, 2.75) is 0 Å². The third-order valence-corrected chi connectivity index (χ3v) is 0. The van der Waals surface area contributed by atoms with Crippen molar-refractivity contribution in [3.05, 3.63) is 0 Å². The minimum absolute atomic E-state index is 0. The van der Waals surface area contributed by atoms with Gasteiger partial charge in [-0.2, -0.15) is 0 Å². The second kappa shape index (κ2) is 4.80. The molecule has 0 bridgehead atoms. The maximum absolute atomic E-state index is 8.56. The molecule has 34 valence electrons.